The predicted octanol–water partition coefficient (Wildman–Crippen LogP) is 4.05. The molecule has 0 atom stereocenters. The van der Waals surface area contributed by atoms with Crippen molar-refractivity contribution in [1.82, 2.24) is 4.90 Å². The van der Waals surface area contributed by atoms with E-state index >= 15 is 0 Å². The Morgan fingerprint density at radius 2 is 1.59 bits per heavy atom. The number of nitrogens with zero attached hydrogens (tertiary/aromatic N) is 1. The highest BCUT2D eigenvalue weighted by molar-refractivity contribution is 6.36. The molecule has 2 aromatic carbocycles. The van der Waals surface area contributed by atoms with Crippen molar-refractivity contribution in [3.63, 3.8) is 0 Å². The third-order valence-electron chi connectivity index (χ3n) is 5.02. The molecule has 0 aromatic heterocycles. The summed E-state index contributed by atoms with van der Waals surface area (Å²) >= 11 is 0. The maximum absolute atomic E-state index is 13.3. The van der Waals surface area contributed by atoms with Gasteiger partial charge in [-0.1, -0.05) is 19.1 Å². The van der Waals surface area contributed by atoms with Gasteiger partial charge in [-0.05, 0) is 62.2 Å². The van der Waals surface area contributed by atoms with Crippen LogP contribution in [-0.4, -0.2) is 48.5 Å². The van der Waals surface area contributed by atoms with E-state index in [-0.39, 0.29) is 36.8 Å². The molecule has 0 radical (unpaired) electrons. The Kier molecular flexibility index (Phi) is 8.43. The van der Waals surface area contributed by atoms with Crippen LogP contribution in [0, 0.1) is 0 Å². The summed E-state index contributed by atoms with van der Waals surface area (Å²) in [6.45, 7) is 8.27. The average molecular weight is 466 g/mol. The molecule has 1 aliphatic rings. The standard InChI is InChI=1S/C26H31N3O5/c1-5-15-34-22-12-6-19(7-13-22)23-24(26(32)29(25(23)31)14-16-33-17(2)3)28-21-10-8-20(9-11-21)27-18(4)30/h6-13,17,28H,5,14-16H2,1-4H3,(H,27,30). The van der Waals surface area contributed by atoms with Gasteiger partial charge in [-0.25, -0.2) is 0 Å². The topological polar surface area (TPSA) is 97.0 Å². The Hall–Kier alpha value is -3.65. The van der Waals surface area contributed by atoms with Gasteiger partial charge in [0.15, 0.2) is 0 Å². The minimum Gasteiger partial charge on any atom is -0.494 e. The van der Waals surface area contributed by atoms with Crippen LogP contribution in [0.2, 0.25) is 0 Å². The fourth-order valence-electron chi connectivity index (χ4n) is 3.46. The molecule has 1 aliphatic heterocycles. The predicted molar refractivity (Wildman–Crippen MR) is 131 cm³/mol. The first-order chi connectivity index (χ1) is 16.3. The molecule has 2 aromatic rings. The van der Waals surface area contributed by atoms with Gasteiger partial charge < -0.3 is 20.1 Å². The van der Waals surface area contributed by atoms with Crippen LogP contribution in [0.1, 0.15) is 39.7 Å². The largest absolute Gasteiger partial charge is 0.494 e. The zero-order valence-electron chi connectivity index (χ0n) is 20.0. The Morgan fingerprint density at radius 1 is 0.941 bits per heavy atom. The van der Waals surface area contributed by atoms with Crippen LogP contribution < -0.4 is 15.4 Å². The number of amides is 3. The van der Waals surface area contributed by atoms with Gasteiger partial charge in [0, 0.05) is 18.3 Å². The van der Waals surface area contributed by atoms with Gasteiger partial charge in [0.1, 0.15) is 11.4 Å². The van der Waals surface area contributed by atoms with Crippen LogP contribution in [0.3, 0.4) is 0 Å². The second kappa shape index (κ2) is 11.5. The fraction of sp³-hybridized carbons (Fsp3) is 0.346. The first-order valence-corrected chi connectivity index (χ1v) is 11.4. The van der Waals surface area contributed by atoms with Crippen molar-refractivity contribution < 1.29 is 23.9 Å². The molecule has 0 bridgehead atoms. The van der Waals surface area contributed by atoms with E-state index in [4.69, 9.17) is 9.47 Å². The molecule has 180 valence electrons. The van der Waals surface area contributed by atoms with Crippen molar-refractivity contribution in [2.24, 2.45) is 0 Å². The Labute approximate surface area is 199 Å². The zero-order chi connectivity index (χ0) is 24.7. The van der Waals surface area contributed by atoms with Crippen molar-refractivity contribution in [3.05, 3.63) is 59.8 Å². The summed E-state index contributed by atoms with van der Waals surface area (Å²) in [6.07, 6.45) is 0.887. The quantitative estimate of drug-likeness (QED) is 0.486. The monoisotopic (exact) mass is 465 g/mol. The minimum atomic E-state index is -0.412. The molecule has 34 heavy (non-hydrogen) atoms. The second-order valence-electron chi connectivity index (χ2n) is 8.19. The summed E-state index contributed by atoms with van der Waals surface area (Å²) in [7, 11) is 0. The van der Waals surface area contributed by atoms with E-state index in [9.17, 15) is 14.4 Å². The molecule has 0 saturated carbocycles. The highest BCUT2D eigenvalue weighted by Gasteiger charge is 2.39. The SMILES string of the molecule is CCCOc1ccc(C2=C(Nc3ccc(NC(C)=O)cc3)C(=O)N(CCOC(C)C)C2=O)cc1. The van der Waals surface area contributed by atoms with Crippen LogP contribution in [-0.2, 0) is 19.1 Å². The number of anilines is 2. The smallest absolute Gasteiger partial charge is 0.278 e. The summed E-state index contributed by atoms with van der Waals surface area (Å²) in [5.74, 6) is -0.261. The van der Waals surface area contributed by atoms with Gasteiger partial charge in [0.25, 0.3) is 11.8 Å². The van der Waals surface area contributed by atoms with Gasteiger partial charge >= 0.3 is 0 Å². The average Bonchev–Trinajstić information content (AvgIpc) is 3.03. The second-order valence-corrected chi connectivity index (χ2v) is 8.19. The van der Waals surface area contributed by atoms with Crippen LogP contribution in [0.5, 0.6) is 5.75 Å². The molecule has 8 nitrogen and oxygen atoms in total. The number of carbonyl (C=O) groups is 3. The molecule has 2 N–H and O–H groups in total. The summed E-state index contributed by atoms with van der Waals surface area (Å²) in [4.78, 5) is 39.0. The van der Waals surface area contributed by atoms with E-state index < -0.39 is 5.91 Å². The molecule has 0 fully saturated rings. The highest BCUT2D eigenvalue weighted by atomic mass is 16.5. The molecule has 1 heterocycles. The summed E-state index contributed by atoms with van der Waals surface area (Å²) in [5.41, 5.74) is 2.36. The normalized spacial score (nSPS) is 13.6. The molecule has 0 aliphatic carbocycles. The number of benzene rings is 2. The summed E-state index contributed by atoms with van der Waals surface area (Å²) < 4.78 is 11.2. The molecular weight excluding hydrogens is 434 g/mol. The van der Waals surface area contributed by atoms with Gasteiger partial charge in [0.05, 0.1) is 31.4 Å². The molecule has 3 rings (SSSR count). The zero-order valence-corrected chi connectivity index (χ0v) is 20.0. The lowest BCUT2D eigenvalue weighted by Crippen LogP contribution is -2.35. The third-order valence-corrected chi connectivity index (χ3v) is 5.02. The summed E-state index contributed by atoms with van der Waals surface area (Å²) in [5, 5.41) is 5.81. The number of ether oxygens (including phenoxy) is 2. The lowest BCUT2D eigenvalue weighted by atomic mass is 10.0. The van der Waals surface area contributed by atoms with Crippen molar-refractivity contribution >= 4 is 34.7 Å². The molecular formula is C26H31N3O5. The lowest BCUT2D eigenvalue weighted by molar-refractivity contribution is -0.138. The van der Waals surface area contributed by atoms with Gasteiger partial charge in [-0.15, -0.1) is 0 Å². The van der Waals surface area contributed by atoms with Crippen LogP contribution in [0.4, 0.5) is 11.4 Å². The van der Waals surface area contributed by atoms with E-state index in [1.54, 1.807) is 48.5 Å². The van der Waals surface area contributed by atoms with Gasteiger partial charge in [-0.2, -0.15) is 0 Å². The van der Waals surface area contributed by atoms with Crippen molar-refractivity contribution in [3.8, 4) is 5.75 Å². The molecule has 0 unspecified atom stereocenters. The van der Waals surface area contributed by atoms with E-state index in [1.807, 2.05) is 20.8 Å². The lowest BCUT2D eigenvalue weighted by Gasteiger charge is -2.16. The van der Waals surface area contributed by atoms with Crippen molar-refractivity contribution in [2.75, 3.05) is 30.4 Å². The van der Waals surface area contributed by atoms with E-state index in [0.29, 0.717) is 34.9 Å². The highest BCUT2D eigenvalue weighted by Crippen LogP contribution is 2.31. The molecule has 0 spiro atoms. The van der Waals surface area contributed by atoms with Crippen LogP contribution >= 0.6 is 0 Å². The van der Waals surface area contributed by atoms with Crippen molar-refractivity contribution in [1.29, 1.82) is 0 Å². The number of hydrogen-bond acceptors (Lipinski definition) is 6. The first kappa shape index (κ1) is 25.0. The van der Waals surface area contributed by atoms with Gasteiger partial charge in [0.2, 0.25) is 5.91 Å². The van der Waals surface area contributed by atoms with Crippen LogP contribution in [0.25, 0.3) is 5.57 Å². The molecule has 3 amide bonds. The van der Waals surface area contributed by atoms with E-state index in [2.05, 4.69) is 10.6 Å². The molecule has 8 heteroatoms. The number of imide groups is 1. The van der Waals surface area contributed by atoms with Gasteiger partial charge in [-0.3, -0.25) is 19.3 Å². The maximum atomic E-state index is 13.3. The number of carbonyl (C=O) groups excluding carboxylic acids is 3. The maximum Gasteiger partial charge on any atom is 0.278 e. The first-order valence-electron chi connectivity index (χ1n) is 11.4. The fourth-order valence-corrected chi connectivity index (χ4v) is 3.46. The number of nitrogens with one attached hydrogen (secondary N) is 2. The Bertz CT molecular complexity index is 1060. The third kappa shape index (κ3) is 6.23. The Balaban J connectivity index is 1.90. The van der Waals surface area contributed by atoms with Crippen molar-refractivity contribution in [2.45, 2.75) is 40.2 Å². The number of rotatable bonds is 11. The van der Waals surface area contributed by atoms with E-state index in [0.717, 1.165) is 6.42 Å². The Morgan fingerprint density at radius 3 is 2.18 bits per heavy atom. The van der Waals surface area contributed by atoms with Crippen LogP contribution in [0.15, 0.2) is 54.2 Å². The summed E-state index contributed by atoms with van der Waals surface area (Å²) in [6, 6.07) is 14.1. The minimum absolute atomic E-state index is 0.00405. The number of hydrogen-bond donors (Lipinski definition) is 2. The molecule has 0 saturated heterocycles. The van der Waals surface area contributed by atoms with E-state index in [1.165, 1.54) is 11.8 Å².